The summed E-state index contributed by atoms with van der Waals surface area (Å²) in [6.07, 6.45) is 1.18. The minimum absolute atomic E-state index is 0.210. The SMILES string of the molecule is COC(=O)c1c(NC(=O)c2cn(C)c(=O)n(C)c2=O)sc(C)c1-c1ccc(C)cc1. The number of anilines is 1. The maximum Gasteiger partial charge on any atom is 0.341 e. The van der Waals surface area contributed by atoms with Crippen molar-refractivity contribution in [1.29, 1.82) is 0 Å². The van der Waals surface area contributed by atoms with E-state index in [0.717, 1.165) is 25.1 Å². The van der Waals surface area contributed by atoms with Gasteiger partial charge < -0.3 is 14.6 Å². The highest BCUT2D eigenvalue weighted by Crippen LogP contribution is 2.40. The Kier molecular flexibility index (Phi) is 5.75. The summed E-state index contributed by atoms with van der Waals surface area (Å²) in [5.74, 6) is -1.31. The Morgan fingerprint density at radius 2 is 1.70 bits per heavy atom. The summed E-state index contributed by atoms with van der Waals surface area (Å²) >= 11 is 1.21. The van der Waals surface area contributed by atoms with Crippen LogP contribution in [0.1, 0.15) is 31.2 Å². The summed E-state index contributed by atoms with van der Waals surface area (Å²) in [7, 11) is 4.01. The first kappa shape index (κ1) is 21.3. The van der Waals surface area contributed by atoms with E-state index in [4.69, 9.17) is 4.74 Å². The minimum Gasteiger partial charge on any atom is -0.465 e. The first-order chi connectivity index (χ1) is 14.1. The zero-order chi connectivity index (χ0) is 22.2. The third-order valence-electron chi connectivity index (χ3n) is 4.73. The number of hydrogen-bond acceptors (Lipinski definition) is 6. The van der Waals surface area contributed by atoms with Crippen LogP contribution in [0.2, 0.25) is 0 Å². The van der Waals surface area contributed by atoms with Crippen molar-refractivity contribution in [2.24, 2.45) is 14.1 Å². The molecule has 30 heavy (non-hydrogen) atoms. The van der Waals surface area contributed by atoms with Gasteiger partial charge >= 0.3 is 11.7 Å². The van der Waals surface area contributed by atoms with E-state index in [1.54, 1.807) is 0 Å². The average Bonchev–Trinajstić information content (AvgIpc) is 3.04. The van der Waals surface area contributed by atoms with Crippen molar-refractivity contribution in [2.75, 3.05) is 12.4 Å². The quantitative estimate of drug-likeness (QED) is 0.645. The van der Waals surface area contributed by atoms with E-state index < -0.39 is 23.1 Å². The predicted octanol–water partition coefficient (Wildman–Crippen LogP) is 2.47. The number of ether oxygens (including phenoxy) is 1. The molecule has 1 aromatic carbocycles. The van der Waals surface area contributed by atoms with Crippen molar-refractivity contribution in [1.82, 2.24) is 9.13 Å². The molecule has 0 spiro atoms. The summed E-state index contributed by atoms with van der Waals surface area (Å²) in [5.41, 5.74) is 1.30. The Morgan fingerprint density at radius 1 is 1.07 bits per heavy atom. The summed E-state index contributed by atoms with van der Waals surface area (Å²) < 4.78 is 6.95. The summed E-state index contributed by atoms with van der Waals surface area (Å²) in [6.45, 7) is 3.80. The molecule has 0 saturated heterocycles. The number of carbonyl (C=O) groups is 2. The highest BCUT2D eigenvalue weighted by molar-refractivity contribution is 7.17. The van der Waals surface area contributed by atoms with Gasteiger partial charge in [-0.25, -0.2) is 9.59 Å². The number of thiophene rings is 1. The molecular weight excluding hydrogens is 406 g/mol. The summed E-state index contributed by atoms with van der Waals surface area (Å²) in [5, 5.41) is 2.92. The van der Waals surface area contributed by atoms with Crippen LogP contribution >= 0.6 is 11.3 Å². The fourth-order valence-electron chi connectivity index (χ4n) is 3.13. The van der Waals surface area contributed by atoms with Crippen molar-refractivity contribution in [3.63, 3.8) is 0 Å². The molecular formula is C21H21N3O5S. The van der Waals surface area contributed by atoms with Gasteiger partial charge in [-0.2, -0.15) is 0 Å². The lowest BCUT2D eigenvalue weighted by Gasteiger charge is -2.09. The molecule has 0 radical (unpaired) electrons. The Balaban J connectivity index is 2.11. The number of esters is 1. The van der Waals surface area contributed by atoms with Crippen LogP contribution in [0, 0.1) is 13.8 Å². The van der Waals surface area contributed by atoms with Crippen molar-refractivity contribution >= 4 is 28.2 Å². The normalized spacial score (nSPS) is 10.7. The molecule has 2 aromatic heterocycles. The number of carbonyl (C=O) groups excluding carboxylic acids is 2. The fourth-order valence-corrected chi connectivity index (χ4v) is 4.19. The van der Waals surface area contributed by atoms with Crippen LogP contribution in [-0.2, 0) is 18.8 Å². The molecule has 2 heterocycles. The van der Waals surface area contributed by atoms with Crippen LogP contribution in [0.25, 0.3) is 11.1 Å². The second kappa shape index (κ2) is 8.11. The number of aromatic nitrogens is 2. The van der Waals surface area contributed by atoms with E-state index in [9.17, 15) is 19.2 Å². The van der Waals surface area contributed by atoms with Crippen LogP contribution in [0.4, 0.5) is 5.00 Å². The largest absolute Gasteiger partial charge is 0.465 e. The number of nitrogens with one attached hydrogen (secondary N) is 1. The molecule has 0 bridgehead atoms. The number of hydrogen-bond donors (Lipinski definition) is 1. The van der Waals surface area contributed by atoms with Crippen molar-refractivity contribution < 1.29 is 14.3 Å². The average molecular weight is 427 g/mol. The molecule has 9 heteroatoms. The number of methoxy groups -OCH3 is 1. The van der Waals surface area contributed by atoms with Crippen molar-refractivity contribution in [2.45, 2.75) is 13.8 Å². The first-order valence-electron chi connectivity index (χ1n) is 9.02. The van der Waals surface area contributed by atoms with E-state index in [-0.39, 0.29) is 16.1 Å². The summed E-state index contributed by atoms with van der Waals surface area (Å²) in [6, 6.07) is 7.65. The molecule has 0 atom stereocenters. The second-order valence-corrected chi connectivity index (χ2v) is 8.07. The molecule has 0 saturated carbocycles. The zero-order valence-corrected chi connectivity index (χ0v) is 18.0. The van der Waals surface area contributed by atoms with Gasteiger partial charge in [0.25, 0.3) is 11.5 Å². The maximum absolute atomic E-state index is 12.8. The van der Waals surface area contributed by atoms with Gasteiger partial charge in [0.1, 0.15) is 16.1 Å². The zero-order valence-electron chi connectivity index (χ0n) is 17.2. The second-order valence-electron chi connectivity index (χ2n) is 6.85. The number of amides is 1. The molecule has 1 N–H and O–H groups in total. The molecule has 0 aliphatic carbocycles. The molecule has 3 rings (SSSR count). The molecule has 8 nitrogen and oxygen atoms in total. The van der Waals surface area contributed by atoms with Gasteiger partial charge in [0, 0.05) is 30.7 Å². The van der Waals surface area contributed by atoms with Crippen LogP contribution in [-0.4, -0.2) is 28.1 Å². The lowest BCUT2D eigenvalue weighted by atomic mass is 10.0. The third kappa shape index (κ3) is 3.71. The van der Waals surface area contributed by atoms with E-state index in [1.807, 2.05) is 38.1 Å². The number of benzene rings is 1. The molecule has 0 unspecified atom stereocenters. The van der Waals surface area contributed by atoms with E-state index in [0.29, 0.717) is 5.56 Å². The van der Waals surface area contributed by atoms with E-state index in [2.05, 4.69) is 5.32 Å². The van der Waals surface area contributed by atoms with Gasteiger partial charge in [0.15, 0.2) is 0 Å². The van der Waals surface area contributed by atoms with Gasteiger partial charge in [0.05, 0.1) is 7.11 Å². The van der Waals surface area contributed by atoms with E-state index in [1.165, 1.54) is 38.7 Å². The summed E-state index contributed by atoms with van der Waals surface area (Å²) in [4.78, 5) is 50.5. The highest BCUT2D eigenvalue weighted by Gasteiger charge is 2.26. The number of nitrogens with zero attached hydrogens (tertiary/aromatic N) is 2. The molecule has 3 aromatic rings. The Morgan fingerprint density at radius 3 is 2.30 bits per heavy atom. The Hall–Kier alpha value is -3.46. The van der Waals surface area contributed by atoms with Gasteiger partial charge in [-0.05, 0) is 19.4 Å². The van der Waals surface area contributed by atoms with Crippen molar-refractivity contribution in [3.8, 4) is 11.1 Å². The van der Waals surface area contributed by atoms with Crippen LogP contribution in [0.3, 0.4) is 0 Å². The van der Waals surface area contributed by atoms with Crippen LogP contribution in [0.5, 0.6) is 0 Å². The topological polar surface area (TPSA) is 99.4 Å². The van der Waals surface area contributed by atoms with Gasteiger partial charge in [0.2, 0.25) is 0 Å². The lowest BCUT2D eigenvalue weighted by Crippen LogP contribution is -2.40. The molecule has 0 aliphatic rings. The smallest absolute Gasteiger partial charge is 0.341 e. The monoisotopic (exact) mass is 427 g/mol. The number of rotatable bonds is 4. The van der Waals surface area contributed by atoms with Gasteiger partial charge in [-0.3, -0.25) is 14.2 Å². The van der Waals surface area contributed by atoms with Gasteiger partial charge in [-0.15, -0.1) is 11.3 Å². The fraction of sp³-hybridized carbons (Fsp3) is 0.238. The lowest BCUT2D eigenvalue weighted by molar-refractivity contribution is 0.0603. The molecule has 1 amide bonds. The van der Waals surface area contributed by atoms with E-state index >= 15 is 0 Å². The number of aryl methyl sites for hydroxylation is 3. The molecule has 156 valence electrons. The third-order valence-corrected chi connectivity index (χ3v) is 5.75. The van der Waals surface area contributed by atoms with Crippen LogP contribution < -0.4 is 16.6 Å². The predicted molar refractivity (Wildman–Crippen MR) is 115 cm³/mol. The van der Waals surface area contributed by atoms with Crippen LogP contribution in [0.15, 0.2) is 40.1 Å². The standard InChI is InChI=1S/C21H21N3O5S/c1-11-6-8-13(9-7-11)15-12(2)30-18(16(15)20(27)29-5)22-17(25)14-10-23(3)21(28)24(4)19(14)26/h6-10H,1-5H3,(H,22,25). The highest BCUT2D eigenvalue weighted by atomic mass is 32.1. The Bertz CT molecular complexity index is 1270. The van der Waals surface area contributed by atoms with Gasteiger partial charge in [-0.1, -0.05) is 29.8 Å². The van der Waals surface area contributed by atoms with Crippen molar-refractivity contribution in [3.05, 3.63) is 72.9 Å². The minimum atomic E-state index is -0.720. The maximum atomic E-state index is 12.8. The molecule has 0 fully saturated rings. The Labute approximate surface area is 176 Å². The molecule has 0 aliphatic heterocycles. The first-order valence-corrected chi connectivity index (χ1v) is 9.84.